The minimum Gasteiger partial charge on any atom is -0.492 e. The zero-order valence-corrected chi connectivity index (χ0v) is 14.5. The number of amides is 1. The molecule has 1 aliphatic heterocycles. The van der Waals surface area contributed by atoms with Gasteiger partial charge in [-0.25, -0.2) is 0 Å². The van der Waals surface area contributed by atoms with Crippen LogP contribution < -0.4 is 4.74 Å². The molecule has 1 aliphatic rings. The van der Waals surface area contributed by atoms with Crippen LogP contribution in [0.3, 0.4) is 0 Å². The number of likely N-dealkylation sites (tertiary alicyclic amines) is 1. The van der Waals surface area contributed by atoms with E-state index < -0.39 is 5.79 Å². The van der Waals surface area contributed by atoms with Crippen molar-refractivity contribution < 1.29 is 19.0 Å². The predicted molar refractivity (Wildman–Crippen MR) is 88.7 cm³/mol. The maximum Gasteiger partial charge on any atom is 0.222 e. The summed E-state index contributed by atoms with van der Waals surface area (Å²) >= 11 is 6.02. The Morgan fingerprint density at radius 1 is 1.22 bits per heavy atom. The van der Waals surface area contributed by atoms with Crippen molar-refractivity contribution in [1.82, 2.24) is 4.90 Å². The molecule has 1 amide bonds. The molecule has 0 unspecified atom stereocenters. The van der Waals surface area contributed by atoms with Crippen molar-refractivity contribution >= 4 is 17.5 Å². The number of methoxy groups -OCH3 is 2. The summed E-state index contributed by atoms with van der Waals surface area (Å²) in [6, 6.07) is 7.34. The lowest BCUT2D eigenvalue weighted by molar-refractivity contribution is -0.228. The summed E-state index contributed by atoms with van der Waals surface area (Å²) in [5, 5.41) is 0.588. The summed E-state index contributed by atoms with van der Waals surface area (Å²) in [5.74, 6) is 0.266. The molecule has 0 spiro atoms. The van der Waals surface area contributed by atoms with Gasteiger partial charge in [-0.05, 0) is 18.6 Å². The number of halogens is 1. The van der Waals surface area contributed by atoms with Gasteiger partial charge < -0.3 is 19.1 Å². The molecular formula is C17H24ClNO4. The molecule has 1 heterocycles. The van der Waals surface area contributed by atoms with Crippen LogP contribution in [0.1, 0.15) is 25.7 Å². The van der Waals surface area contributed by atoms with Crippen molar-refractivity contribution in [3.8, 4) is 5.75 Å². The Morgan fingerprint density at radius 2 is 1.87 bits per heavy atom. The molecule has 1 saturated heterocycles. The lowest BCUT2D eigenvalue weighted by Crippen LogP contribution is -2.48. The standard InChI is InChI=1S/C17H24ClNO4/c1-21-17(22-2)9-11-19(12-10-17)16(20)8-5-13-23-15-7-4-3-6-14(15)18/h3-4,6-7H,5,8-13H2,1-2H3. The van der Waals surface area contributed by atoms with Gasteiger partial charge >= 0.3 is 0 Å². The third-order valence-corrected chi connectivity index (χ3v) is 4.56. The van der Waals surface area contributed by atoms with Crippen LogP contribution in [0.4, 0.5) is 0 Å². The number of ether oxygens (including phenoxy) is 3. The van der Waals surface area contributed by atoms with Crippen LogP contribution in [0.25, 0.3) is 0 Å². The van der Waals surface area contributed by atoms with E-state index in [1.807, 2.05) is 23.1 Å². The summed E-state index contributed by atoms with van der Waals surface area (Å²) in [7, 11) is 3.29. The number of nitrogens with zero attached hydrogens (tertiary/aromatic N) is 1. The molecule has 5 nitrogen and oxygen atoms in total. The van der Waals surface area contributed by atoms with Crippen LogP contribution >= 0.6 is 11.6 Å². The van der Waals surface area contributed by atoms with Gasteiger partial charge in [0.1, 0.15) is 5.75 Å². The lowest BCUT2D eigenvalue weighted by atomic mass is 10.0. The number of hydrogen-bond donors (Lipinski definition) is 0. The van der Waals surface area contributed by atoms with Crippen LogP contribution in [0.2, 0.25) is 5.02 Å². The molecule has 0 saturated carbocycles. The van der Waals surface area contributed by atoms with Gasteiger partial charge in [-0.15, -0.1) is 0 Å². The summed E-state index contributed by atoms with van der Waals surface area (Å²) in [4.78, 5) is 14.1. The number of benzene rings is 1. The van der Waals surface area contributed by atoms with Gasteiger partial charge in [0.25, 0.3) is 0 Å². The van der Waals surface area contributed by atoms with E-state index >= 15 is 0 Å². The topological polar surface area (TPSA) is 48.0 Å². The average Bonchev–Trinajstić information content (AvgIpc) is 2.60. The molecule has 1 aromatic rings. The first-order valence-electron chi connectivity index (χ1n) is 7.85. The fourth-order valence-corrected chi connectivity index (χ4v) is 2.90. The molecule has 2 rings (SSSR count). The Hall–Kier alpha value is -1.30. The number of carbonyl (C=O) groups is 1. The quantitative estimate of drug-likeness (QED) is 0.565. The van der Waals surface area contributed by atoms with Crippen molar-refractivity contribution in [2.45, 2.75) is 31.5 Å². The molecule has 0 radical (unpaired) electrons. The van der Waals surface area contributed by atoms with E-state index in [9.17, 15) is 4.79 Å². The molecule has 6 heteroatoms. The SMILES string of the molecule is COC1(OC)CCN(C(=O)CCCOc2ccccc2Cl)CC1. The first kappa shape index (κ1) is 18.0. The predicted octanol–water partition coefficient (Wildman–Crippen LogP) is 3.11. The first-order valence-corrected chi connectivity index (χ1v) is 8.23. The van der Waals surface area contributed by atoms with Crippen molar-refractivity contribution in [2.75, 3.05) is 33.9 Å². The van der Waals surface area contributed by atoms with Gasteiger partial charge in [0.2, 0.25) is 5.91 Å². The van der Waals surface area contributed by atoms with Gasteiger partial charge in [0.15, 0.2) is 5.79 Å². The van der Waals surface area contributed by atoms with Crippen LogP contribution in [-0.2, 0) is 14.3 Å². The maximum absolute atomic E-state index is 12.2. The highest BCUT2D eigenvalue weighted by Crippen LogP contribution is 2.27. The third kappa shape index (κ3) is 4.83. The lowest BCUT2D eigenvalue weighted by Gasteiger charge is -2.39. The van der Waals surface area contributed by atoms with Crippen molar-refractivity contribution in [3.63, 3.8) is 0 Å². The molecule has 23 heavy (non-hydrogen) atoms. The number of carbonyl (C=O) groups excluding carboxylic acids is 1. The number of para-hydroxylation sites is 1. The van der Waals surface area contributed by atoms with Crippen molar-refractivity contribution in [2.24, 2.45) is 0 Å². The van der Waals surface area contributed by atoms with E-state index in [0.29, 0.717) is 56.2 Å². The van der Waals surface area contributed by atoms with Gasteiger partial charge in [-0.2, -0.15) is 0 Å². The number of hydrogen-bond acceptors (Lipinski definition) is 4. The Labute approximate surface area is 142 Å². The second-order valence-electron chi connectivity index (χ2n) is 5.58. The van der Waals surface area contributed by atoms with Gasteiger partial charge in [0.05, 0.1) is 11.6 Å². The van der Waals surface area contributed by atoms with E-state index in [4.69, 9.17) is 25.8 Å². The molecule has 0 aromatic heterocycles. The third-order valence-electron chi connectivity index (χ3n) is 4.25. The molecule has 1 aromatic carbocycles. The van der Waals surface area contributed by atoms with E-state index in [1.165, 1.54) is 0 Å². The normalized spacial score (nSPS) is 17.1. The van der Waals surface area contributed by atoms with Crippen LogP contribution in [0.15, 0.2) is 24.3 Å². The summed E-state index contributed by atoms with van der Waals surface area (Å²) in [6.07, 6.45) is 2.53. The van der Waals surface area contributed by atoms with Crippen LogP contribution in [0, 0.1) is 0 Å². The van der Waals surface area contributed by atoms with E-state index in [-0.39, 0.29) is 5.91 Å². The van der Waals surface area contributed by atoms with Gasteiger partial charge in [-0.3, -0.25) is 4.79 Å². The molecule has 0 N–H and O–H groups in total. The van der Waals surface area contributed by atoms with E-state index in [0.717, 1.165) is 0 Å². The van der Waals surface area contributed by atoms with Crippen molar-refractivity contribution in [1.29, 1.82) is 0 Å². The summed E-state index contributed by atoms with van der Waals surface area (Å²) < 4.78 is 16.4. The minimum atomic E-state index is -0.538. The Kier molecular flexibility index (Phi) is 6.69. The van der Waals surface area contributed by atoms with Crippen LogP contribution in [0.5, 0.6) is 5.75 Å². The van der Waals surface area contributed by atoms with Gasteiger partial charge in [-0.1, -0.05) is 23.7 Å². The van der Waals surface area contributed by atoms with E-state index in [1.54, 1.807) is 20.3 Å². The van der Waals surface area contributed by atoms with Crippen molar-refractivity contribution in [3.05, 3.63) is 29.3 Å². The fourth-order valence-electron chi connectivity index (χ4n) is 2.71. The minimum absolute atomic E-state index is 0.147. The Morgan fingerprint density at radius 3 is 2.48 bits per heavy atom. The molecule has 1 fully saturated rings. The molecule has 0 aliphatic carbocycles. The molecule has 0 atom stereocenters. The highest BCUT2D eigenvalue weighted by atomic mass is 35.5. The second kappa shape index (κ2) is 8.52. The molecule has 128 valence electrons. The zero-order chi connectivity index (χ0) is 16.7. The van der Waals surface area contributed by atoms with E-state index in [2.05, 4.69) is 0 Å². The largest absolute Gasteiger partial charge is 0.492 e. The first-order chi connectivity index (χ1) is 11.1. The Bertz CT molecular complexity index is 509. The number of rotatable bonds is 7. The highest BCUT2D eigenvalue weighted by molar-refractivity contribution is 6.32. The smallest absolute Gasteiger partial charge is 0.222 e. The fraction of sp³-hybridized carbons (Fsp3) is 0.588. The zero-order valence-electron chi connectivity index (χ0n) is 13.7. The number of piperidine rings is 1. The average molecular weight is 342 g/mol. The molecule has 0 bridgehead atoms. The van der Waals surface area contributed by atoms with Gasteiger partial charge in [0, 0.05) is 46.6 Å². The van der Waals surface area contributed by atoms with Crippen LogP contribution in [-0.4, -0.2) is 50.5 Å². The second-order valence-corrected chi connectivity index (χ2v) is 5.99. The molecular weight excluding hydrogens is 318 g/mol. The summed E-state index contributed by atoms with van der Waals surface area (Å²) in [6.45, 7) is 1.79. The monoisotopic (exact) mass is 341 g/mol. The maximum atomic E-state index is 12.2. The summed E-state index contributed by atoms with van der Waals surface area (Å²) in [5.41, 5.74) is 0. The highest BCUT2D eigenvalue weighted by Gasteiger charge is 2.35. The Balaban J connectivity index is 1.69.